The number of rotatable bonds is 4. The van der Waals surface area contributed by atoms with Gasteiger partial charge in [-0.15, -0.1) is 0 Å². The zero-order valence-electron chi connectivity index (χ0n) is 10.2. The van der Waals surface area contributed by atoms with Gasteiger partial charge in [0.25, 0.3) is 0 Å². The molecule has 0 atom stereocenters. The summed E-state index contributed by atoms with van der Waals surface area (Å²) < 4.78 is 9.12. The second-order valence-corrected chi connectivity index (χ2v) is 4.29. The fraction of sp³-hybridized carbons (Fsp3) is 0.750. The number of hydrogen-bond acceptors (Lipinski definition) is 5. The third kappa shape index (κ3) is 3.84. The minimum absolute atomic E-state index is 0.0832. The smallest absolute Gasteiger partial charge is 0.313 e. The molecular weight excluding hydrogens is 224 g/mol. The van der Waals surface area contributed by atoms with Crippen LogP contribution in [0.5, 0.6) is 0 Å². The van der Waals surface area contributed by atoms with E-state index in [0.29, 0.717) is 25.7 Å². The minimum atomic E-state index is -0.495. The Morgan fingerprint density at radius 3 is 1.94 bits per heavy atom. The third-order valence-corrected chi connectivity index (χ3v) is 3.26. The molecule has 0 spiro atoms. The van der Waals surface area contributed by atoms with Crippen LogP contribution in [-0.2, 0) is 23.9 Å². The Morgan fingerprint density at radius 2 is 1.47 bits per heavy atom. The van der Waals surface area contributed by atoms with Gasteiger partial charge in [0.1, 0.15) is 12.2 Å². The van der Waals surface area contributed by atoms with E-state index in [1.54, 1.807) is 0 Å². The lowest BCUT2D eigenvalue weighted by Gasteiger charge is -2.25. The molecule has 1 fully saturated rings. The van der Waals surface area contributed by atoms with Crippen LogP contribution in [0.1, 0.15) is 32.1 Å². The number of carbonyl (C=O) groups is 3. The highest BCUT2D eigenvalue weighted by molar-refractivity contribution is 5.96. The summed E-state index contributed by atoms with van der Waals surface area (Å²) in [6.45, 7) is 0. The van der Waals surface area contributed by atoms with Crippen LogP contribution in [0.2, 0.25) is 0 Å². The van der Waals surface area contributed by atoms with Crippen molar-refractivity contribution in [2.24, 2.45) is 11.8 Å². The van der Waals surface area contributed by atoms with Crippen molar-refractivity contribution < 1.29 is 23.9 Å². The summed E-state index contributed by atoms with van der Waals surface area (Å²) >= 11 is 0. The zero-order valence-corrected chi connectivity index (χ0v) is 10.2. The molecule has 5 heteroatoms. The maximum absolute atomic E-state index is 11.7. The molecule has 1 rings (SSSR count). The maximum Gasteiger partial charge on any atom is 0.313 e. The summed E-state index contributed by atoms with van der Waals surface area (Å²) in [5.74, 6) is -0.994. The second-order valence-electron chi connectivity index (χ2n) is 4.29. The van der Waals surface area contributed by atoms with Gasteiger partial charge in [0.2, 0.25) is 0 Å². The van der Waals surface area contributed by atoms with Crippen molar-refractivity contribution in [1.29, 1.82) is 0 Å². The number of esters is 2. The molecule has 0 radical (unpaired) electrons. The van der Waals surface area contributed by atoms with E-state index in [1.807, 2.05) is 0 Å². The van der Waals surface area contributed by atoms with Gasteiger partial charge in [-0.05, 0) is 25.7 Å². The Balaban J connectivity index is 2.38. The molecule has 0 unspecified atom stereocenters. The molecule has 0 amide bonds. The topological polar surface area (TPSA) is 69.7 Å². The SMILES string of the molecule is COC(=O)CC(=O)[C@H]1CC[C@H](C(=O)OC)CC1. The van der Waals surface area contributed by atoms with Crippen LogP contribution in [0.25, 0.3) is 0 Å². The Kier molecular flexibility index (Phi) is 5.12. The predicted octanol–water partition coefficient (Wildman–Crippen LogP) is 1.10. The Bertz CT molecular complexity index is 302. The molecule has 0 N–H and O–H groups in total. The molecule has 1 aliphatic carbocycles. The summed E-state index contributed by atoms with van der Waals surface area (Å²) in [7, 11) is 2.64. The van der Waals surface area contributed by atoms with Crippen LogP contribution < -0.4 is 0 Å². The lowest BCUT2D eigenvalue weighted by molar-refractivity contribution is -0.149. The monoisotopic (exact) mass is 242 g/mol. The third-order valence-electron chi connectivity index (χ3n) is 3.26. The van der Waals surface area contributed by atoms with E-state index < -0.39 is 5.97 Å². The van der Waals surface area contributed by atoms with Gasteiger partial charge in [0.05, 0.1) is 20.1 Å². The van der Waals surface area contributed by atoms with Crippen LogP contribution in [0.3, 0.4) is 0 Å². The fourth-order valence-corrected chi connectivity index (χ4v) is 2.18. The van der Waals surface area contributed by atoms with E-state index in [1.165, 1.54) is 14.2 Å². The van der Waals surface area contributed by atoms with E-state index in [0.717, 1.165) is 0 Å². The molecule has 0 aromatic heterocycles. The van der Waals surface area contributed by atoms with Crippen LogP contribution in [0.4, 0.5) is 0 Å². The van der Waals surface area contributed by atoms with Gasteiger partial charge in [0.15, 0.2) is 0 Å². The average molecular weight is 242 g/mol. The van der Waals surface area contributed by atoms with Gasteiger partial charge in [-0.2, -0.15) is 0 Å². The Hall–Kier alpha value is -1.39. The highest BCUT2D eigenvalue weighted by atomic mass is 16.5. The van der Waals surface area contributed by atoms with Crippen molar-refractivity contribution in [3.05, 3.63) is 0 Å². The Labute approximate surface area is 100 Å². The molecule has 0 aliphatic heterocycles. The number of Topliss-reactive ketones (excluding diaryl/α,β-unsaturated/α-hetero) is 1. The zero-order chi connectivity index (χ0) is 12.8. The van der Waals surface area contributed by atoms with E-state index >= 15 is 0 Å². The van der Waals surface area contributed by atoms with Gasteiger partial charge in [0, 0.05) is 5.92 Å². The molecule has 0 heterocycles. The van der Waals surface area contributed by atoms with Crippen LogP contribution in [0.15, 0.2) is 0 Å². The number of hydrogen-bond donors (Lipinski definition) is 0. The number of ketones is 1. The highest BCUT2D eigenvalue weighted by Crippen LogP contribution is 2.30. The van der Waals surface area contributed by atoms with Gasteiger partial charge in [-0.25, -0.2) is 0 Å². The molecular formula is C12H18O5. The van der Waals surface area contributed by atoms with Crippen molar-refractivity contribution in [1.82, 2.24) is 0 Å². The van der Waals surface area contributed by atoms with Crippen LogP contribution in [0, 0.1) is 11.8 Å². The standard InChI is InChI=1S/C12H18O5/c1-16-11(14)7-10(13)8-3-5-9(6-4-8)12(15)17-2/h8-9H,3-7H2,1-2H3/t8-,9-. The van der Waals surface area contributed by atoms with E-state index in [2.05, 4.69) is 9.47 Å². The number of ether oxygens (including phenoxy) is 2. The van der Waals surface area contributed by atoms with Crippen molar-refractivity contribution in [3.8, 4) is 0 Å². The number of methoxy groups -OCH3 is 2. The largest absolute Gasteiger partial charge is 0.469 e. The molecule has 0 aromatic rings. The predicted molar refractivity (Wildman–Crippen MR) is 59.1 cm³/mol. The molecule has 96 valence electrons. The van der Waals surface area contributed by atoms with Crippen molar-refractivity contribution in [2.45, 2.75) is 32.1 Å². The fourth-order valence-electron chi connectivity index (χ4n) is 2.18. The van der Waals surface area contributed by atoms with Crippen molar-refractivity contribution >= 4 is 17.7 Å². The molecule has 5 nitrogen and oxygen atoms in total. The van der Waals surface area contributed by atoms with Crippen molar-refractivity contribution in [2.75, 3.05) is 14.2 Å². The molecule has 17 heavy (non-hydrogen) atoms. The molecule has 1 saturated carbocycles. The quantitative estimate of drug-likeness (QED) is 0.545. The molecule has 0 bridgehead atoms. The first kappa shape index (κ1) is 13.7. The summed E-state index contributed by atoms with van der Waals surface area (Å²) in [5.41, 5.74) is 0. The van der Waals surface area contributed by atoms with Crippen molar-refractivity contribution in [3.63, 3.8) is 0 Å². The summed E-state index contributed by atoms with van der Waals surface area (Å²) in [4.78, 5) is 33.9. The van der Waals surface area contributed by atoms with Gasteiger partial charge < -0.3 is 9.47 Å². The second kappa shape index (κ2) is 6.37. The van der Waals surface area contributed by atoms with E-state index in [4.69, 9.17) is 0 Å². The summed E-state index contributed by atoms with van der Waals surface area (Å²) in [6.07, 6.45) is 2.45. The Morgan fingerprint density at radius 1 is 0.941 bits per heavy atom. The normalized spacial score (nSPS) is 23.9. The van der Waals surface area contributed by atoms with Gasteiger partial charge in [-0.1, -0.05) is 0 Å². The molecule has 1 aliphatic rings. The summed E-state index contributed by atoms with van der Waals surface area (Å²) in [5, 5.41) is 0. The first-order valence-electron chi connectivity index (χ1n) is 5.75. The maximum atomic E-state index is 11.7. The number of carbonyl (C=O) groups excluding carboxylic acids is 3. The van der Waals surface area contributed by atoms with E-state index in [9.17, 15) is 14.4 Å². The first-order valence-corrected chi connectivity index (χ1v) is 5.75. The van der Waals surface area contributed by atoms with Gasteiger partial charge >= 0.3 is 11.9 Å². The lowest BCUT2D eigenvalue weighted by atomic mass is 9.79. The molecule has 0 aromatic carbocycles. The lowest BCUT2D eigenvalue weighted by Crippen LogP contribution is -2.27. The van der Waals surface area contributed by atoms with Crippen LogP contribution in [-0.4, -0.2) is 31.9 Å². The van der Waals surface area contributed by atoms with Crippen LogP contribution >= 0.6 is 0 Å². The molecule has 0 saturated heterocycles. The minimum Gasteiger partial charge on any atom is -0.469 e. The summed E-state index contributed by atoms with van der Waals surface area (Å²) in [6, 6.07) is 0. The van der Waals surface area contributed by atoms with Gasteiger partial charge in [-0.3, -0.25) is 14.4 Å². The highest BCUT2D eigenvalue weighted by Gasteiger charge is 2.30. The first-order chi connectivity index (χ1) is 8.08. The van der Waals surface area contributed by atoms with E-state index in [-0.39, 0.29) is 30.0 Å². The average Bonchev–Trinajstić information content (AvgIpc) is 2.37.